The number of carbonyl (C=O) groups is 2. The van der Waals surface area contributed by atoms with Crippen LogP contribution in [0.15, 0.2) is 48.5 Å². The highest BCUT2D eigenvalue weighted by Gasteiger charge is 2.19. The summed E-state index contributed by atoms with van der Waals surface area (Å²) in [6, 6.07) is 15.4. The van der Waals surface area contributed by atoms with Gasteiger partial charge in [0.25, 0.3) is 0 Å². The molecule has 0 aromatic heterocycles. The number of carboxylic acid groups (broad SMARTS) is 1. The third-order valence-electron chi connectivity index (χ3n) is 4.18. The Bertz CT molecular complexity index is 743. The first-order valence-corrected chi connectivity index (χ1v) is 8.76. The molecule has 0 aliphatic rings. The van der Waals surface area contributed by atoms with E-state index in [-0.39, 0.29) is 12.3 Å². The van der Waals surface area contributed by atoms with Gasteiger partial charge in [-0.05, 0) is 46.9 Å². The number of hydrogen-bond acceptors (Lipinski definition) is 3. The number of likely N-dealkylation sites (N-methyl/N-ethyl adjacent to an activating group) is 1. The monoisotopic (exact) mass is 374 g/mol. The fourth-order valence-corrected chi connectivity index (χ4v) is 2.84. The van der Waals surface area contributed by atoms with Crippen LogP contribution in [0.4, 0.5) is 0 Å². The lowest BCUT2D eigenvalue weighted by molar-refractivity contribution is -0.137. The van der Waals surface area contributed by atoms with Gasteiger partial charge in [0.2, 0.25) is 5.91 Å². The fraction of sp³-hybridized carbons (Fsp3) is 0.300. The van der Waals surface area contributed by atoms with E-state index in [0.717, 1.165) is 22.3 Å². The molecule has 0 saturated carbocycles. The first-order valence-electron chi connectivity index (χ1n) is 8.38. The maximum Gasteiger partial charge on any atom is 0.303 e. The molecule has 0 heterocycles. The van der Waals surface area contributed by atoms with Crippen molar-refractivity contribution in [3.63, 3.8) is 0 Å². The molecule has 5 nitrogen and oxygen atoms in total. The molecule has 1 amide bonds. The summed E-state index contributed by atoms with van der Waals surface area (Å²) in [5, 5.41) is 8.74. The third-order valence-corrected chi connectivity index (χ3v) is 4.44. The maximum atomic E-state index is 12.0. The Morgan fingerprint density at radius 3 is 1.92 bits per heavy atom. The SMILES string of the molecule is CN(C)C(=O)[C@H](Cc1ccc(-c2ccc(CCC(=O)O)cc2)cc1)NCl. The average molecular weight is 375 g/mol. The van der Waals surface area contributed by atoms with Gasteiger partial charge in [0, 0.05) is 20.5 Å². The zero-order valence-corrected chi connectivity index (χ0v) is 15.7. The molecular weight excluding hydrogens is 352 g/mol. The standard InChI is InChI=1S/C20H23ClN2O3/c1-23(2)20(26)18(22-21)13-15-5-10-17(11-6-15)16-8-3-14(4-9-16)7-12-19(24)25/h3-6,8-11,18,22H,7,12-13H2,1-2H3,(H,24,25)/t18-/m0/s1. The Kier molecular flexibility index (Phi) is 7.18. The molecule has 2 aromatic carbocycles. The molecule has 0 fully saturated rings. The summed E-state index contributed by atoms with van der Waals surface area (Å²) in [7, 11) is 3.40. The lowest BCUT2D eigenvalue weighted by atomic mass is 9.99. The van der Waals surface area contributed by atoms with E-state index >= 15 is 0 Å². The average Bonchev–Trinajstić information content (AvgIpc) is 2.64. The Morgan fingerprint density at radius 1 is 1.00 bits per heavy atom. The number of amides is 1. The molecule has 0 spiro atoms. The molecule has 0 unspecified atom stereocenters. The van der Waals surface area contributed by atoms with Crippen molar-refractivity contribution in [3.05, 3.63) is 59.7 Å². The number of halogens is 1. The van der Waals surface area contributed by atoms with Crippen molar-refractivity contribution in [3.8, 4) is 11.1 Å². The molecular formula is C20H23ClN2O3. The number of benzene rings is 2. The van der Waals surface area contributed by atoms with Crippen molar-refractivity contribution in [2.45, 2.75) is 25.3 Å². The maximum absolute atomic E-state index is 12.0. The molecule has 0 bridgehead atoms. The largest absolute Gasteiger partial charge is 0.481 e. The van der Waals surface area contributed by atoms with Crippen molar-refractivity contribution in [2.75, 3.05) is 14.1 Å². The van der Waals surface area contributed by atoms with Crippen LogP contribution in [0.1, 0.15) is 17.5 Å². The Balaban J connectivity index is 2.04. The fourth-order valence-electron chi connectivity index (χ4n) is 2.67. The zero-order chi connectivity index (χ0) is 19.1. The number of aryl methyl sites for hydroxylation is 1. The predicted octanol–water partition coefficient (Wildman–Crippen LogP) is 3.11. The lowest BCUT2D eigenvalue weighted by Crippen LogP contribution is -2.41. The Hall–Kier alpha value is -2.37. The van der Waals surface area contributed by atoms with Gasteiger partial charge in [0.05, 0.1) is 0 Å². The normalized spacial score (nSPS) is 11.8. The van der Waals surface area contributed by atoms with Gasteiger partial charge in [0.1, 0.15) is 6.04 Å². The van der Waals surface area contributed by atoms with Crippen LogP contribution < -0.4 is 4.84 Å². The van der Waals surface area contributed by atoms with Gasteiger partial charge in [-0.25, -0.2) is 4.84 Å². The summed E-state index contributed by atoms with van der Waals surface area (Å²) < 4.78 is 0. The van der Waals surface area contributed by atoms with E-state index in [0.29, 0.717) is 12.8 Å². The number of hydrogen-bond donors (Lipinski definition) is 2. The number of aliphatic carboxylic acids is 1. The minimum Gasteiger partial charge on any atom is -0.481 e. The second-order valence-corrected chi connectivity index (χ2v) is 6.60. The first-order chi connectivity index (χ1) is 12.4. The summed E-state index contributed by atoms with van der Waals surface area (Å²) in [4.78, 5) is 26.7. The minimum atomic E-state index is -0.790. The van der Waals surface area contributed by atoms with Crippen molar-refractivity contribution in [2.24, 2.45) is 0 Å². The highest BCUT2D eigenvalue weighted by atomic mass is 35.5. The molecule has 2 rings (SSSR count). The van der Waals surface area contributed by atoms with Crippen LogP contribution in [0.3, 0.4) is 0 Å². The zero-order valence-electron chi connectivity index (χ0n) is 14.9. The third kappa shape index (κ3) is 5.58. The Morgan fingerprint density at radius 2 is 1.50 bits per heavy atom. The number of rotatable bonds is 8. The van der Waals surface area contributed by atoms with Gasteiger partial charge in [-0.2, -0.15) is 0 Å². The number of nitrogens with zero attached hydrogens (tertiary/aromatic N) is 1. The topological polar surface area (TPSA) is 69.6 Å². The van der Waals surface area contributed by atoms with E-state index in [1.807, 2.05) is 48.5 Å². The molecule has 0 aliphatic carbocycles. The second kappa shape index (κ2) is 9.36. The van der Waals surface area contributed by atoms with Crippen molar-refractivity contribution < 1.29 is 14.7 Å². The minimum absolute atomic E-state index is 0.0685. The number of carbonyl (C=O) groups excluding carboxylic acids is 1. The van der Waals surface area contributed by atoms with E-state index in [2.05, 4.69) is 4.84 Å². The van der Waals surface area contributed by atoms with Crippen LogP contribution in [-0.2, 0) is 22.4 Å². The smallest absolute Gasteiger partial charge is 0.303 e. The van der Waals surface area contributed by atoms with Crippen LogP contribution in [0.2, 0.25) is 0 Å². The summed E-state index contributed by atoms with van der Waals surface area (Å²) in [6.07, 6.45) is 1.17. The van der Waals surface area contributed by atoms with Crippen molar-refractivity contribution in [1.82, 2.24) is 9.74 Å². The molecule has 0 saturated heterocycles. The quantitative estimate of drug-likeness (QED) is 0.696. The van der Waals surface area contributed by atoms with E-state index in [9.17, 15) is 9.59 Å². The summed E-state index contributed by atoms with van der Waals surface area (Å²) in [5.74, 6) is -0.858. The van der Waals surface area contributed by atoms with Crippen LogP contribution in [0.25, 0.3) is 11.1 Å². The highest BCUT2D eigenvalue weighted by molar-refractivity contribution is 6.15. The summed E-state index contributed by atoms with van der Waals surface area (Å²) in [5.41, 5.74) is 4.14. The first kappa shape index (κ1) is 19.9. The second-order valence-electron chi connectivity index (χ2n) is 6.39. The van der Waals surface area contributed by atoms with E-state index in [4.69, 9.17) is 16.9 Å². The van der Waals surface area contributed by atoms with E-state index in [1.165, 1.54) is 4.90 Å². The van der Waals surface area contributed by atoms with Gasteiger partial charge in [-0.15, -0.1) is 0 Å². The lowest BCUT2D eigenvalue weighted by Gasteiger charge is -2.19. The summed E-state index contributed by atoms with van der Waals surface area (Å²) in [6.45, 7) is 0. The molecule has 0 aliphatic heterocycles. The van der Waals surface area contributed by atoms with Gasteiger partial charge in [-0.1, -0.05) is 48.5 Å². The molecule has 2 N–H and O–H groups in total. The molecule has 1 atom stereocenters. The molecule has 0 radical (unpaired) electrons. The van der Waals surface area contributed by atoms with Gasteiger partial charge < -0.3 is 10.0 Å². The van der Waals surface area contributed by atoms with Gasteiger partial charge in [-0.3, -0.25) is 9.59 Å². The van der Waals surface area contributed by atoms with E-state index < -0.39 is 12.0 Å². The predicted molar refractivity (Wildman–Crippen MR) is 103 cm³/mol. The molecule has 6 heteroatoms. The van der Waals surface area contributed by atoms with Crippen LogP contribution in [0, 0.1) is 0 Å². The van der Waals surface area contributed by atoms with Crippen molar-refractivity contribution in [1.29, 1.82) is 0 Å². The number of nitrogens with one attached hydrogen (secondary N) is 1. The Labute approximate surface area is 158 Å². The van der Waals surface area contributed by atoms with Crippen LogP contribution in [0.5, 0.6) is 0 Å². The number of carboxylic acids is 1. The van der Waals surface area contributed by atoms with Gasteiger partial charge >= 0.3 is 5.97 Å². The van der Waals surface area contributed by atoms with Crippen LogP contribution >= 0.6 is 11.8 Å². The van der Waals surface area contributed by atoms with E-state index in [1.54, 1.807) is 14.1 Å². The molecule has 138 valence electrons. The van der Waals surface area contributed by atoms with Gasteiger partial charge in [0.15, 0.2) is 0 Å². The van der Waals surface area contributed by atoms with Crippen molar-refractivity contribution >= 4 is 23.7 Å². The van der Waals surface area contributed by atoms with Crippen LogP contribution in [-0.4, -0.2) is 42.0 Å². The summed E-state index contributed by atoms with van der Waals surface area (Å²) >= 11 is 5.71. The molecule has 2 aromatic rings. The molecule has 26 heavy (non-hydrogen) atoms. The highest BCUT2D eigenvalue weighted by Crippen LogP contribution is 2.21.